The molecule has 33 heavy (non-hydrogen) atoms. The zero-order chi connectivity index (χ0) is 23.7. The van der Waals surface area contributed by atoms with Crippen molar-refractivity contribution in [2.45, 2.75) is 31.2 Å². The van der Waals surface area contributed by atoms with Gasteiger partial charge in [0.25, 0.3) is 5.91 Å². The number of carbonyl (C=O) groups is 2. The van der Waals surface area contributed by atoms with E-state index < -0.39 is 10.0 Å². The summed E-state index contributed by atoms with van der Waals surface area (Å²) in [7, 11) is -3.70. The predicted octanol–water partition coefficient (Wildman–Crippen LogP) is 2.21. The lowest BCUT2D eigenvalue weighted by atomic mass is 10.1. The van der Waals surface area contributed by atoms with Gasteiger partial charge in [-0.2, -0.15) is 0 Å². The minimum absolute atomic E-state index is 0.0946. The van der Waals surface area contributed by atoms with E-state index in [-0.39, 0.29) is 23.1 Å². The molecule has 8 nitrogen and oxygen atoms in total. The minimum atomic E-state index is -3.70. The van der Waals surface area contributed by atoms with E-state index in [1.807, 2.05) is 0 Å². The molecular formula is C24H31N3O5S. The lowest BCUT2D eigenvalue weighted by molar-refractivity contribution is 0.0372. The van der Waals surface area contributed by atoms with Crippen LogP contribution >= 0.6 is 0 Å². The Morgan fingerprint density at radius 3 is 2.21 bits per heavy atom. The molecular weight excluding hydrogens is 442 g/mol. The van der Waals surface area contributed by atoms with Crippen LogP contribution in [0.5, 0.6) is 0 Å². The van der Waals surface area contributed by atoms with Gasteiger partial charge in [-0.3, -0.25) is 14.5 Å². The molecule has 0 radical (unpaired) electrons. The molecule has 2 aromatic carbocycles. The van der Waals surface area contributed by atoms with Crippen molar-refractivity contribution in [3.8, 4) is 0 Å². The molecule has 0 bridgehead atoms. The molecule has 1 aliphatic rings. The average molecular weight is 474 g/mol. The Morgan fingerprint density at radius 1 is 0.939 bits per heavy atom. The van der Waals surface area contributed by atoms with Crippen LogP contribution in [-0.4, -0.2) is 64.4 Å². The second kappa shape index (κ2) is 12.0. The SMILES string of the molecule is CC(=O)c1ccc(S(=O)(=O)NCc2ccc(C(=O)NCCCCN3CCOCC3)cc2)cc1. The number of Topliss-reactive ketones (excluding diaryl/α,β-unsaturated/α-hetero) is 1. The number of amides is 1. The topological polar surface area (TPSA) is 105 Å². The number of benzene rings is 2. The van der Waals surface area contributed by atoms with E-state index in [1.54, 1.807) is 24.3 Å². The highest BCUT2D eigenvalue weighted by Crippen LogP contribution is 2.12. The molecule has 2 aromatic rings. The highest BCUT2D eigenvalue weighted by atomic mass is 32.2. The van der Waals surface area contributed by atoms with Crippen molar-refractivity contribution < 1.29 is 22.7 Å². The maximum atomic E-state index is 12.5. The third-order valence-corrected chi connectivity index (χ3v) is 6.96. The van der Waals surface area contributed by atoms with Gasteiger partial charge in [-0.15, -0.1) is 0 Å². The number of ketones is 1. The van der Waals surface area contributed by atoms with Crippen molar-refractivity contribution >= 4 is 21.7 Å². The zero-order valence-electron chi connectivity index (χ0n) is 18.9. The van der Waals surface area contributed by atoms with Crippen LogP contribution in [0.2, 0.25) is 0 Å². The Bertz CT molecular complexity index is 1030. The van der Waals surface area contributed by atoms with Crippen molar-refractivity contribution in [3.05, 3.63) is 65.2 Å². The van der Waals surface area contributed by atoms with Gasteiger partial charge in [-0.05, 0) is 56.1 Å². The Morgan fingerprint density at radius 2 is 1.58 bits per heavy atom. The number of morpholine rings is 1. The third kappa shape index (κ3) is 7.75. The lowest BCUT2D eigenvalue weighted by Gasteiger charge is -2.26. The van der Waals surface area contributed by atoms with Crippen LogP contribution in [0.3, 0.4) is 0 Å². The van der Waals surface area contributed by atoms with E-state index in [9.17, 15) is 18.0 Å². The normalized spacial score (nSPS) is 14.7. The summed E-state index contributed by atoms with van der Waals surface area (Å²) in [6.45, 7) is 6.70. The number of nitrogens with zero attached hydrogens (tertiary/aromatic N) is 1. The van der Waals surface area contributed by atoms with E-state index in [1.165, 1.54) is 31.2 Å². The van der Waals surface area contributed by atoms with Gasteiger partial charge in [-0.1, -0.05) is 24.3 Å². The van der Waals surface area contributed by atoms with Crippen molar-refractivity contribution in [1.82, 2.24) is 14.9 Å². The number of hydrogen-bond acceptors (Lipinski definition) is 6. The van der Waals surface area contributed by atoms with E-state index in [2.05, 4.69) is 14.9 Å². The van der Waals surface area contributed by atoms with Crippen LogP contribution in [0.1, 0.15) is 46.0 Å². The fourth-order valence-corrected chi connectivity index (χ4v) is 4.51. The number of nitrogens with one attached hydrogen (secondary N) is 2. The molecule has 1 aliphatic heterocycles. The van der Waals surface area contributed by atoms with Gasteiger partial charge in [-0.25, -0.2) is 13.1 Å². The molecule has 2 N–H and O–H groups in total. The summed E-state index contributed by atoms with van der Waals surface area (Å²) < 4.78 is 32.8. The summed E-state index contributed by atoms with van der Waals surface area (Å²) >= 11 is 0. The average Bonchev–Trinajstić information content (AvgIpc) is 2.83. The summed E-state index contributed by atoms with van der Waals surface area (Å²) in [5, 5.41) is 2.93. The fourth-order valence-electron chi connectivity index (χ4n) is 3.49. The second-order valence-electron chi connectivity index (χ2n) is 8.02. The first kappa shape index (κ1) is 25.0. The maximum absolute atomic E-state index is 12.5. The molecule has 9 heteroatoms. The highest BCUT2D eigenvalue weighted by Gasteiger charge is 2.14. The second-order valence-corrected chi connectivity index (χ2v) is 9.79. The summed E-state index contributed by atoms with van der Waals surface area (Å²) in [6, 6.07) is 12.6. The number of unbranched alkanes of at least 4 members (excludes halogenated alkanes) is 1. The monoisotopic (exact) mass is 473 g/mol. The Labute approximate surface area is 195 Å². The number of sulfonamides is 1. The van der Waals surface area contributed by atoms with Crippen molar-refractivity contribution in [2.24, 2.45) is 0 Å². The first-order chi connectivity index (χ1) is 15.8. The maximum Gasteiger partial charge on any atom is 0.251 e. The molecule has 0 unspecified atom stereocenters. The van der Waals surface area contributed by atoms with Crippen LogP contribution < -0.4 is 10.0 Å². The van der Waals surface area contributed by atoms with Gasteiger partial charge >= 0.3 is 0 Å². The minimum Gasteiger partial charge on any atom is -0.379 e. The molecule has 0 aromatic heterocycles. The molecule has 0 spiro atoms. The van der Waals surface area contributed by atoms with Crippen LogP contribution in [0.15, 0.2) is 53.4 Å². The van der Waals surface area contributed by atoms with E-state index in [4.69, 9.17) is 4.74 Å². The van der Waals surface area contributed by atoms with Gasteiger partial charge in [0.2, 0.25) is 10.0 Å². The lowest BCUT2D eigenvalue weighted by Crippen LogP contribution is -2.37. The molecule has 1 amide bonds. The number of ether oxygens (including phenoxy) is 1. The molecule has 3 rings (SSSR count). The van der Waals surface area contributed by atoms with E-state index in [0.29, 0.717) is 17.7 Å². The molecule has 0 aliphatic carbocycles. The quantitative estimate of drug-likeness (QED) is 0.383. The molecule has 0 atom stereocenters. The fraction of sp³-hybridized carbons (Fsp3) is 0.417. The Balaban J connectivity index is 1.41. The standard InChI is InChI=1S/C24H31N3O5S/c1-19(28)21-8-10-23(11-9-21)33(30,31)26-18-20-4-6-22(7-5-20)24(29)25-12-2-3-13-27-14-16-32-17-15-27/h4-11,26H,2-3,12-18H2,1H3,(H,25,29). The molecule has 0 saturated carbocycles. The van der Waals surface area contributed by atoms with Crippen LogP contribution in [0.25, 0.3) is 0 Å². The smallest absolute Gasteiger partial charge is 0.251 e. The Kier molecular flexibility index (Phi) is 9.13. The van der Waals surface area contributed by atoms with Gasteiger partial charge in [0.1, 0.15) is 0 Å². The number of rotatable bonds is 11. The van der Waals surface area contributed by atoms with Crippen molar-refractivity contribution in [2.75, 3.05) is 39.4 Å². The molecule has 178 valence electrons. The van der Waals surface area contributed by atoms with Crippen molar-refractivity contribution in [1.29, 1.82) is 0 Å². The predicted molar refractivity (Wildman–Crippen MR) is 126 cm³/mol. The van der Waals surface area contributed by atoms with Gasteiger partial charge in [0.05, 0.1) is 18.1 Å². The zero-order valence-corrected chi connectivity index (χ0v) is 19.7. The van der Waals surface area contributed by atoms with E-state index in [0.717, 1.165) is 51.3 Å². The summed E-state index contributed by atoms with van der Waals surface area (Å²) in [5.74, 6) is -0.261. The summed E-state index contributed by atoms with van der Waals surface area (Å²) in [4.78, 5) is 26.1. The summed E-state index contributed by atoms with van der Waals surface area (Å²) in [5.41, 5.74) is 1.73. The van der Waals surface area contributed by atoms with Gasteiger partial charge in [0.15, 0.2) is 5.78 Å². The largest absolute Gasteiger partial charge is 0.379 e. The first-order valence-electron chi connectivity index (χ1n) is 11.1. The van der Waals surface area contributed by atoms with Crippen LogP contribution in [0.4, 0.5) is 0 Å². The molecule has 1 saturated heterocycles. The molecule has 1 heterocycles. The van der Waals surface area contributed by atoms with Gasteiger partial charge < -0.3 is 10.1 Å². The Hall–Kier alpha value is -2.59. The summed E-state index contributed by atoms with van der Waals surface area (Å²) in [6.07, 6.45) is 1.94. The number of carbonyl (C=O) groups excluding carboxylic acids is 2. The third-order valence-electron chi connectivity index (χ3n) is 5.54. The van der Waals surface area contributed by atoms with Crippen LogP contribution in [0, 0.1) is 0 Å². The van der Waals surface area contributed by atoms with E-state index >= 15 is 0 Å². The first-order valence-corrected chi connectivity index (χ1v) is 12.6. The van der Waals surface area contributed by atoms with Gasteiger partial charge in [0, 0.05) is 37.3 Å². The number of hydrogen-bond donors (Lipinski definition) is 2. The molecule has 1 fully saturated rings. The van der Waals surface area contributed by atoms with Crippen LogP contribution in [-0.2, 0) is 21.3 Å². The van der Waals surface area contributed by atoms with Crippen molar-refractivity contribution in [3.63, 3.8) is 0 Å². The highest BCUT2D eigenvalue weighted by molar-refractivity contribution is 7.89.